The fourth-order valence-corrected chi connectivity index (χ4v) is 6.08. The molecule has 1 aliphatic rings. The third kappa shape index (κ3) is 6.60. The maximum absolute atomic E-state index is 14.0. The lowest BCUT2D eigenvalue weighted by atomic mass is 10.0. The Morgan fingerprint density at radius 2 is 1.82 bits per heavy atom. The van der Waals surface area contributed by atoms with Crippen molar-refractivity contribution in [2.75, 3.05) is 10.7 Å². The summed E-state index contributed by atoms with van der Waals surface area (Å²) in [4.78, 5) is 28.3. The van der Waals surface area contributed by atoms with Crippen molar-refractivity contribution in [3.63, 3.8) is 0 Å². The molecule has 0 fully saturated rings. The Morgan fingerprint density at radius 3 is 2.47 bits per heavy atom. The van der Waals surface area contributed by atoms with Gasteiger partial charge in [-0.05, 0) is 49.2 Å². The highest BCUT2D eigenvalue weighted by molar-refractivity contribution is 7.99. The summed E-state index contributed by atoms with van der Waals surface area (Å²) in [5, 5.41) is 8.17. The molecule has 0 unspecified atom stereocenters. The molecular weight excluding hydrogens is 527 g/mol. The Bertz CT molecular complexity index is 1470. The average Bonchev–Trinajstić information content (AvgIpc) is 2.95. The molecule has 200 valence electrons. The summed E-state index contributed by atoms with van der Waals surface area (Å²) in [5.74, 6) is -0.846. The molecule has 0 bridgehead atoms. The number of thioether (sulfide) groups is 1. The monoisotopic (exact) mass is 556 g/mol. The van der Waals surface area contributed by atoms with Gasteiger partial charge in [-0.3, -0.25) is 9.59 Å². The first-order valence-corrected chi connectivity index (χ1v) is 14.4. The Labute approximate surface area is 225 Å². The third-order valence-electron chi connectivity index (χ3n) is 5.93. The van der Waals surface area contributed by atoms with Gasteiger partial charge >= 0.3 is 0 Å². The van der Waals surface area contributed by atoms with Crippen molar-refractivity contribution in [2.45, 2.75) is 48.2 Å². The van der Waals surface area contributed by atoms with E-state index in [-0.39, 0.29) is 35.4 Å². The minimum absolute atomic E-state index is 0.0164. The largest absolute Gasteiger partial charge is 0.343 e. The zero-order valence-corrected chi connectivity index (χ0v) is 22.6. The van der Waals surface area contributed by atoms with Crippen LogP contribution in [0.25, 0.3) is 11.1 Å². The Hall–Kier alpha value is -3.25. The van der Waals surface area contributed by atoms with E-state index in [1.54, 1.807) is 62.4 Å². The fraction of sp³-hybridized carbons (Fsp3) is 0.259. The molecule has 1 aliphatic heterocycles. The molecule has 3 aromatic carbocycles. The minimum atomic E-state index is -3.92. The molecule has 38 heavy (non-hydrogen) atoms. The van der Waals surface area contributed by atoms with Crippen LogP contribution in [0.4, 0.5) is 10.1 Å². The maximum Gasteiger partial charge on any atom is 0.250 e. The highest BCUT2D eigenvalue weighted by atomic mass is 32.2. The number of nitrogens with zero attached hydrogens (tertiary/aromatic N) is 1. The van der Waals surface area contributed by atoms with E-state index in [9.17, 15) is 22.4 Å². The highest BCUT2D eigenvalue weighted by Crippen LogP contribution is 2.36. The van der Waals surface area contributed by atoms with Gasteiger partial charge < -0.3 is 16.0 Å². The number of sulfonamides is 1. The van der Waals surface area contributed by atoms with Gasteiger partial charge in [-0.1, -0.05) is 42.5 Å². The van der Waals surface area contributed by atoms with Crippen molar-refractivity contribution in [1.82, 2.24) is 5.32 Å². The number of nitrogens with two attached hydrogens (primary N) is 2. The lowest BCUT2D eigenvalue weighted by molar-refractivity contribution is -0.127. The Morgan fingerprint density at radius 1 is 1.13 bits per heavy atom. The molecule has 2 amide bonds. The maximum atomic E-state index is 14.0. The van der Waals surface area contributed by atoms with Crippen molar-refractivity contribution in [1.29, 1.82) is 0 Å². The molecule has 0 spiro atoms. The van der Waals surface area contributed by atoms with Crippen LogP contribution in [-0.4, -0.2) is 37.6 Å². The molecular formula is C27H29FN4O4S2. The normalized spacial score (nSPS) is 16.1. The number of hydrogen-bond acceptors (Lipinski definition) is 6. The zero-order valence-electron chi connectivity index (χ0n) is 21.0. The predicted molar refractivity (Wildman–Crippen MR) is 146 cm³/mol. The van der Waals surface area contributed by atoms with Crippen LogP contribution in [0.3, 0.4) is 0 Å². The second kappa shape index (κ2) is 10.9. The molecule has 0 saturated heterocycles. The summed E-state index contributed by atoms with van der Waals surface area (Å²) >= 11 is 1.30. The summed E-state index contributed by atoms with van der Waals surface area (Å²) in [6, 6.07) is 16.9. The van der Waals surface area contributed by atoms with Gasteiger partial charge in [0, 0.05) is 28.2 Å². The molecule has 11 heteroatoms. The first-order chi connectivity index (χ1) is 17.8. The van der Waals surface area contributed by atoms with Gasteiger partial charge in [0.2, 0.25) is 15.9 Å². The van der Waals surface area contributed by atoms with E-state index in [2.05, 4.69) is 5.32 Å². The number of halogens is 1. The van der Waals surface area contributed by atoms with E-state index in [4.69, 9.17) is 10.9 Å². The number of benzene rings is 3. The molecule has 1 heterocycles. The summed E-state index contributed by atoms with van der Waals surface area (Å²) in [6.45, 7) is 3.61. The van der Waals surface area contributed by atoms with Crippen molar-refractivity contribution in [2.24, 2.45) is 10.9 Å². The summed E-state index contributed by atoms with van der Waals surface area (Å²) in [5.41, 5.74) is 7.64. The minimum Gasteiger partial charge on any atom is -0.343 e. The average molecular weight is 557 g/mol. The third-order valence-corrected chi connectivity index (χ3v) is 8.04. The van der Waals surface area contributed by atoms with Crippen molar-refractivity contribution in [3.05, 3.63) is 78.1 Å². The fourth-order valence-electron chi connectivity index (χ4n) is 4.23. The predicted octanol–water partition coefficient (Wildman–Crippen LogP) is 3.39. The van der Waals surface area contributed by atoms with Gasteiger partial charge in [0.1, 0.15) is 11.9 Å². The lowest BCUT2D eigenvalue weighted by Gasteiger charge is -2.27. The van der Waals surface area contributed by atoms with Gasteiger partial charge in [-0.2, -0.15) is 0 Å². The Balaban J connectivity index is 1.63. The second-order valence-corrected chi connectivity index (χ2v) is 12.5. The second-order valence-electron chi connectivity index (χ2n) is 9.87. The number of carbonyl (C=O) groups excluding carboxylic acids is 2. The van der Waals surface area contributed by atoms with E-state index in [1.165, 1.54) is 34.9 Å². The van der Waals surface area contributed by atoms with Crippen LogP contribution in [0.5, 0.6) is 0 Å². The number of rotatable bonds is 7. The molecule has 1 atom stereocenters. The molecule has 0 aliphatic carbocycles. The zero-order chi connectivity index (χ0) is 27.7. The lowest BCUT2D eigenvalue weighted by Crippen LogP contribution is -2.51. The van der Waals surface area contributed by atoms with Gasteiger partial charge in [0.15, 0.2) is 0 Å². The number of fused-ring (bicyclic) bond motifs is 1. The summed E-state index contributed by atoms with van der Waals surface area (Å²) in [7, 11) is -3.92. The van der Waals surface area contributed by atoms with Crippen LogP contribution in [-0.2, 0) is 26.2 Å². The van der Waals surface area contributed by atoms with Crippen molar-refractivity contribution >= 4 is 39.3 Å². The molecule has 0 radical (unpaired) electrons. The molecule has 5 N–H and O–H groups in total. The molecule has 3 aromatic rings. The van der Waals surface area contributed by atoms with Crippen LogP contribution < -0.4 is 21.1 Å². The standard InChI is InChI=1S/C27H29FN4O4S2/c1-27(2,29)14-25(33)31-21-16-37-23-13-19(28)11-12-22(23)32(26(21)34)15-17-7-9-18(10-8-17)20-5-3-4-6-24(20)38(30,35)36/h3-13,21H,14-16,29H2,1-2H3,(H,31,33)(H2,30,35,36)/t21-/m1/s1. The van der Waals surface area contributed by atoms with Crippen molar-refractivity contribution < 1.29 is 22.4 Å². The van der Waals surface area contributed by atoms with Crippen LogP contribution >= 0.6 is 11.8 Å². The highest BCUT2D eigenvalue weighted by Gasteiger charge is 2.33. The summed E-state index contributed by atoms with van der Waals surface area (Å²) < 4.78 is 38.1. The van der Waals surface area contributed by atoms with Crippen LogP contribution in [0, 0.1) is 5.82 Å². The van der Waals surface area contributed by atoms with E-state index in [1.807, 2.05) is 0 Å². The molecule has 4 rings (SSSR count). The topological polar surface area (TPSA) is 136 Å². The SMILES string of the molecule is CC(C)(N)CC(=O)N[C@@H]1CSc2cc(F)ccc2N(Cc2ccc(-c3ccccc3S(N)(=O)=O)cc2)C1=O. The quantitative estimate of drug-likeness (QED) is 0.408. The molecule has 0 aromatic heterocycles. The van der Waals surface area contributed by atoms with E-state index in [0.29, 0.717) is 21.7 Å². The Kier molecular flexibility index (Phi) is 7.93. The number of anilines is 1. The van der Waals surface area contributed by atoms with Crippen LogP contribution in [0.1, 0.15) is 25.8 Å². The summed E-state index contributed by atoms with van der Waals surface area (Å²) in [6.07, 6.45) is 0.0461. The molecule has 8 nitrogen and oxygen atoms in total. The number of carbonyl (C=O) groups is 2. The number of primary sulfonamides is 1. The van der Waals surface area contributed by atoms with Crippen LogP contribution in [0.2, 0.25) is 0 Å². The molecule has 0 saturated carbocycles. The van der Waals surface area contributed by atoms with Gasteiger partial charge in [0.25, 0.3) is 5.91 Å². The van der Waals surface area contributed by atoms with Gasteiger partial charge in [0.05, 0.1) is 17.1 Å². The number of hydrogen-bond donors (Lipinski definition) is 3. The number of amides is 2. The van der Waals surface area contributed by atoms with E-state index >= 15 is 0 Å². The van der Waals surface area contributed by atoms with Crippen LogP contribution in [0.15, 0.2) is 76.5 Å². The van der Waals surface area contributed by atoms with Gasteiger partial charge in [-0.25, -0.2) is 17.9 Å². The smallest absolute Gasteiger partial charge is 0.250 e. The number of nitrogens with one attached hydrogen (secondary N) is 1. The van der Waals surface area contributed by atoms with E-state index in [0.717, 1.165) is 5.56 Å². The van der Waals surface area contributed by atoms with Gasteiger partial charge in [-0.15, -0.1) is 11.8 Å². The van der Waals surface area contributed by atoms with Crippen molar-refractivity contribution in [3.8, 4) is 11.1 Å². The first kappa shape index (κ1) is 27.8. The first-order valence-electron chi connectivity index (χ1n) is 11.8. The van der Waals surface area contributed by atoms with E-state index < -0.39 is 27.4 Å².